The van der Waals surface area contributed by atoms with Crippen LogP contribution in [-0.4, -0.2) is 16.8 Å². The third-order valence-electron chi connectivity index (χ3n) is 4.13. The number of carbonyl (C=O) groups excluding carboxylic acids is 1. The van der Waals surface area contributed by atoms with Gasteiger partial charge in [-0.3, -0.25) is 9.59 Å². The normalized spacial score (nSPS) is 17.0. The highest BCUT2D eigenvalue weighted by molar-refractivity contribution is 7.98. The third kappa shape index (κ3) is 2.46. The SMILES string of the molecule is CSc1ccc([C@@H]2CC(=O)Oc3cc(C)n(C)c(=O)c32)cc1. The highest BCUT2D eigenvalue weighted by Crippen LogP contribution is 2.37. The van der Waals surface area contributed by atoms with Crippen LogP contribution in [-0.2, 0) is 11.8 Å². The number of aromatic nitrogens is 1. The van der Waals surface area contributed by atoms with Crippen molar-refractivity contribution in [3.05, 3.63) is 57.5 Å². The van der Waals surface area contributed by atoms with Gasteiger partial charge in [0.2, 0.25) is 0 Å². The van der Waals surface area contributed by atoms with Crippen molar-refractivity contribution in [3.63, 3.8) is 0 Å². The summed E-state index contributed by atoms with van der Waals surface area (Å²) >= 11 is 1.66. The number of nitrogens with zero attached hydrogens (tertiary/aromatic N) is 1. The van der Waals surface area contributed by atoms with E-state index >= 15 is 0 Å². The lowest BCUT2D eigenvalue weighted by Crippen LogP contribution is -2.31. The summed E-state index contributed by atoms with van der Waals surface area (Å²) in [7, 11) is 1.74. The van der Waals surface area contributed by atoms with Gasteiger partial charge in [0, 0.05) is 29.6 Å². The lowest BCUT2D eigenvalue weighted by atomic mass is 9.87. The van der Waals surface area contributed by atoms with Crippen molar-refractivity contribution in [1.82, 2.24) is 4.57 Å². The second-order valence-corrected chi connectivity index (χ2v) is 6.31. The molecule has 2 aromatic rings. The number of fused-ring (bicyclic) bond motifs is 1. The van der Waals surface area contributed by atoms with Crippen LogP contribution in [0.5, 0.6) is 5.75 Å². The predicted molar refractivity (Wildman–Crippen MR) is 86.7 cm³/mol. The average Bonchev–Trinajstić information content (AvgIpc) is 2.52. The summed E-state index contributed by atoms with van der Waals surface area (Å²) < 4.78 is 6.89. The maximum Gasteiger partial charge on any atom is 0.312 e. The van der Waals surface area contributed by atoms with E-state index in [1.807, 2.05) is 37.4 Å². The van der Waals surface area contributed by atoms with E-state index < -0.39 is 0 Å². The van der Waals surface area contributed by atoms with Gasteiger partial charge in [0.25, 0.3) is 5.56 Å². The van der Waals surface area contributed by atoms with Crippen molar-refractivity contribution >= 4 is 17.7 Å². The first kappa shape index (κ1) is 14.9. The van der Waals surface area contributed by atoms with E-state index in [-0.39, 0.29) is 23.9 Å². The molecule has 1 atom stereocenters. The zero-order valence-corrected chi connectivity index (χ0v) is 13.6. The Labute approximate surface area is 133 Å². The quantitative estimate of drug-likeness (QED) is 0.631. The molecule has 0 aliphatic carbocycles. The van der Waals surface area contributed by atoms with Gasteiger partial charge < -0.3 is 9.30 Å². The van der Waals surface area contributed by atoms with Gasteiger partial charge in [-0.15, -0.1) is 11.8 Å². The van der Waals surface area contributed by atoms with E-state index in [1.54, 1.807) is 29.4 Å². The summed E-state index contributed by atoms with van der Waals surface area (Å²) in [6.07, 6.45) is 2.21. The molecule has 22 heavy (non-hydrogen) atoms. The van der Waals surface area contributed by atoms with Crippen LogP contribution in [0.2, 0.25) is 0 Å². The molecule has 0 saturated carbocycles. The Morgan fingerprint density at radius 2 is 1.91 bits per heavy atom. The number of hydrogen-bond donors (Lipinski definition) is 0. The molecule has 1 aliphatic rings. The molecule has 1 aliphatic heterocycles. The Hall–Kier alpha value is -2.01. The molecule has 0 amide bonds. The van der Waals surface area contributed by atoms with Gasteiger partial charge in [-0.1, -0.05) is 12.1 Å². The minimum Gasteiger partial charge on any atom is -0.426 e. The van der Waals surface area contributed by atoms with Crippen LogP contribution in [0.1, 0.15) is 29.2 Å². The predicted octanol–water partition coefficient (Wildman–Crippen LogP) is 2.86. The molecule has 1 aromatic carbocycles. The summed E-state index contributed by atoms with van der Waals surface area (Å²) in [5.74, 6) is -0.138. The summed E-state index contributed by atoms with van der Waals surface area (Å²) in [5.41, 5.74) is 2.22. The number of hydrogen-bond acceptors (Lipinski definition) is 4. The van der Waals surface area contributed by atoms with Gasteiger partial charge >= 0.3 is 5.97 Å². The van der Waals surface area contributed by atoms with Gasteiger partial charge in [0.05, 0.1) is 12.0 Å². The number of aryl methyl sites for hydroxylation is 1. The van der Waals surface area contributed by atoms with Crippen molar-refractivity contribution in [2.45, 2.75) is 24.2 Å². The molecule has 0 N–H and O–H groups in total. The van der Waals surface area contributed by atoms with Crippen LogP contribution in [0.25, 0.3) is 0 Å². The van der Waals surface area contributed by atoms with E-state index in [1.165, 1.54) is 0 Å². The largest absolute Gasteiger partial charge is 0.426 e. The molecule has 0 bridgehead atoms. The number of ether oxygens (including phenoxy) is 1. The topological polar surface area (TPSA) is 48.3 Å². The minimum atomic E-state index is -0.293. The first-order valence-corrected chi connectivity index (χ1v) is 8.29. The van der Waals surface area contributed by atoms with Crippen molar-refractivity contribution in [3.8, 4) is 5.75 Å². The Kier molecular flexibility index (Phi) is 3.83. The van der Waals surface area contributed by atoms with E-state index in [9.17, 15) is 9.59 Å². The molecule has 0 radical (unpaired) electrons. The van der Waals surface area contributed by atoms with Crippen molar-refractivity contribution in [2.24, 2.45) is 7.05 Å². The Balaban J connectivity index is 2.16. The average molecular weight is 315 g/mol. The van der Waals surface area contributed by atoms with Crippen LogP contribution in [0.3, 0.4) is 0 Å². The van der Waals surface area contributed by atoms with E-state index in [4.69, 9.17) is 4.74 Å². The van der Waals surface area contributed by atoms with E-state index in [0.29, 0.717) is 11.3 Å². The third-order valence-corrected chi connectivity index (χ3v) is 4.87. The zero-order chi connectivity index (χ0) is 15.9. The number of rotatable bonds is 2. The highest BCUT2D eigenvalue weighted by atomic mass is 32.2. The van der Waals surface area contributed by atoms with Gasteiger partial charge in [-0.25, -0.2) is 0 Å². The number of thioether (sulfide) groups is 1. The van der Waals surface area contributed by atoms with Gasteiger partial charge in [-0.05, 0) is 30.9 Å². The molecule has 2 heterocycles. The molecular weight excluding hydrogens is 298 g/mol. The van der Waals surface area contributed by atoms with E-state index in [0.717, 1.165) is 16.2 Å². The first-order chi connectivity index (χ1) is 10.5. The van der Waals surface area contributed by atoms with Crippen molar-refractivity contribution in [2.75, 3.05) is 6.26 Å². The fraction of sp³-hybridized carbons (Fsp3) is 0.294. The lowest BCUT2D eigenvalue weighted by Gasteiger charge is -2.25. The van der Waals surface area contributed by atoms with Crippen molar-refractivity contribution < 1.29 is 9.53 Å². The van der Waals surface area contributed by atoms with Gasteiger partial charge in [0.1, 0.15) is 5.75 Å². The molecule has 5 heteroatoms. The maximum atomic E-state index is 12.6. The standard InChI is InChI=1S/C17H17NO3S/c1-10-8-14-16(17(20)18(10)2)13(9-15(19)21-14)11-4-6-12(22-3)7-5-11/h4-8,13H,9H2,1-3H3/t13-/m0/s1. The molecule has 0 fully saturated rings. The Morgan fingerprint density at radius 1 is 1.23 bits per heavy atom. The molecule has 0 saturated heterocycles. The number of pyridine rings is 1. The van der Waals surface area contributed by atoms with Crippen LogP contribution in [0, 0.1) is 6.92 Å². The lowest BCUT2D eigenvalue weighted by molar-refractivity contribution is -0.135. The van der Waals surface area contributed by atoms with Gasteiger partial charge in [-0.2, -0.15) is 0 Å². The van der Waals surface area contributed by atoms with Crippen LogP contribution >= 0.6 is 11.8 Å². The summed E-state index contributed by atoms with van der Waals surface area (Å²) in [5, 5.41) is 0. The fourth-order valence-corrected chi connectivity index (χ4v) is 3.18. The summed E-state index contributed by atoms with van der Waals surface area (Å²) in [4.78, 5) is 25.7. The molecule has 1 aromatic heterocycles. The fourth-order valence-electron chi connectivity index (χ4n) is 2.77. The number of benzene rings is 1. The molecular formula is C17H17NO3S. The first-order valence-electron chi connectivity index (χ1n) is 7.06. The Bertz CT molecular complexity index is 793. The summed E-state index contributed by atoms with van der Waals surface area (Å²) in [6.45, 7) is 1.83. The molecule has 114 valence electrons. The Morgan fingerprint density at radius 3 is 2.55 bits per heavy atom. The summed E-state index contributed by atoms with van der Waals surface area (Å²) in [6, 6.07) is 9.75. The molecule has 4 nitrogen and oxygen atoms in total. The zero-order valence-electron chi connectivity index (χ0n) is 12.8. The van der Waals surface area contributed by atoms with Crippen molar-refractivity contribution in [1.29, 1.82) is 0 Å². The minimum absolute atomic E-state index is 0.0959. The van der Waals surface area contributed by atoms with E-state index in [2.05, 4.69) is 0 Å². The molecule has 0 spiro atoms. The molecule has 3 rings (SSSR count). The number of esters is 1. The smallest absolute Gasteiger partial charge is 0.312 e. The highest BCUT2D eigenvalue weighted by Gasteiger charge is 2.32. The monoisotopic (exact) mass is 315 g/mol. The maximum absolute atomic E-state index is 12.6. The number of carbonyl (C=O) groups is 1. The molecule has 0 unspecified atom stereocenters. The van der Waals surface area contributed by atoms with Crippen LogP contribution in [0.4, 0.5) is 0 Å². The van der Waals surface area contributed by atoms with Gasteiger partial charge in [0.15, 0.2) is 0 Å². The van der Waals surface area contributed by atoms with Crippen LogP contribution in [0.15, 0.2) is 40.0 Å². The second kappa shape index (κ2) is 5.65. The second-order valence-electron chi connectivity index (χ2n) is 5.43. The van der Waals surface area contributed by atoms with Crippen LogP contribution < -0.4 is 10.3 Å².